The van der Waals surface area contributed by atoms with Crippen molar-refractivity contribution in [2.45, 2.75) is 53.1 Å². The quantitative estimate of drug-likeness (QED) is 0.693. The molecule has 1 N–H and O–H groups in total. The van der Waals surface area contributed by atoms with Gasteiger partial charge in [-0.25, -0.2) is 14.8 Å². The molecule has 0 aliphatic carbocycles. The molecule has 4 rings (SSSR count). The van der Waals surface area contributed by atoms with E-state index in [2.05, 4.69) is 50.2 Å². The molecule has 4 heterocycles. The van der Waals surface area contributed by atoms with Gasteiger partial charge in [-0.2, -0.15) is 0 Å². The van der Waals surface area contributed by atoms with Crippen LogP contribution in [0.25, 0.3) is 0 Å². The minimum absolute atomic E-state index is 0.221. The fourth-order valence-corrected chi connectivity index (χ4v) is 4.02. The van der Waals surface area contributed by atoms with Crippen LogP contribution in [0.3, 0.4) is 0 Å². The molecule has 0 aromatic carbocycles. The van der Waals surface area contributed by atoms with Crippen molar-refractivity contribution in [2.24, 2.45) is 0 Å². The Balaban J connectivity index is 0.000000211. The Bertz CT molecular complexity index is 903. The van der Waals surface area contributed by atoms with Crippen molar-refractivity contribution < 1.29 is 9.53 Å². The second-order valence-electron chi connectivity index (χ2n) is 10.3. The number of nitrogens with zero attached hydrogens (tertiary/aromatic N) is 5. The number of amides is 1. The standard InChI is InChI=1S/C16H25N3O2.C11H17N3/c1-13-6-7-14(17-12-13)18-8-5-9-19(11-10-18)15(20)21-16(2,3)4;1-10-3-4-11(13-9-10)14-7-2-5-12-6-8-14/h6-7,12H,5,8-11H2,1-4H3;3-4,9,12H,2,5-8H2,1H3. The van der Waals surface area contributed by atoms with Crippen LogP contribution in [0.15, 0.2) is 36.7 Å². The first-order chi connectivity index (χ1) is 16.7. The molecule has 0 radical (unpaired) electrons. The molecule has 192 valence electrons. The molecule has 0 saturated carbocycles. The molecular weight excluding hydrogens is 440 g/mol. The van der Waals surface area contributed by atoms with E-state index in [1.54, 1.807) is 4.90 Å². The summed E-state index contributed by atoms with van der Waals surface area (Å²) in [4.78, 5) is 27.4. The van der Waals surface area contributed by atoms with Crippen LogP contribution in [0.2, 0.25) is 0 Å². The van der Waals surface area contributed by atoms with E-state index >= 15 is 0 Å². The topological polar surface area (TPSA) is 73.8 Å². The van der Waals surface area contributed by atoms with Crippen LogP contribution in [0.1, 0.15) is 44.7 Å². The molecule has 2 aromatic rings. The highest BCUT2D eigenvalue weighted by Crippen LogP contribution is 2.16. The van der Waals surface area contributed by atoms with Gasteiger partial charge in [0.1, 0.15) is 17.2 Å². The van der Waals surface area contributed by atoms with Crippen molar-refractivity contribution in [1.82, 2.24) is 20.2 Å². The van der Waals surface area contributed by atoms with Gasteiger partial charge in [-0.15, -0.1) is 0 Å². The molecule has 0 bridgehead atoms. The molecule has 2 aromatic heterocycles. The maximum atomic E-state index is 12.1. The zero-order chi connectivity index (χ0) is 25.3. The Morgan fingerprint density at radius 3 is 1.97 bits per heavy atom. The molecule has 1 amide bonds. The lowest BCUT2D eigenvalue weighted by molar-refractivity contribution is 0.0263. The van der Waals surface area contributed by atoms with Gasteiger partial charge in [0.25, 0.3) is 0 Å². The predicted octanol–water partition coefficient (Wildman–Crippen LogP) is 4.03. The van der Waals surface area contributed by atoms with Crippen molar-refractivity contribution in [3.05, 3.63) is 47.8 Å². The zero-order valence-corrected chi connectivity index (χ0v) is 22.1. The maximum absolute atomic E-state index is 12.1. The van der Waals surface area contributed by atoms with Crippen molar-refractivity contribution in [2.75, 3.05) is 62.2 Å². The predicted molar refractivity (Wildman–Crippen MR) is 142 cm³/mol. The van der Waals surface area contributed by atoms with Crippen molar-refractivity contribution in [3.63, 3.8) is 0 Å². The lowest BCUT2D eigenvalue weighted by Gasteiger charge is -2.26. The van der Waals surface area contributed by atoms with E-state index in [4.69, 9.17) is 4.74 Å². The van der Waals surface area contributed by atoms with Crippen LogP contribution in [-0.4, -0.2) is 78.9 Å². The third-order valence-corrected chi connectivity index (χ3v) is 5.93. The second kappa shape index (κ2) is 12.7. The van der Waals surface area contributed by atoms with Gasteiger partial charge in [0.15, 0.2) is 0 Å². The summed E-state index contributed by atoms with van der Waals surface area (Å²) >= 11 is 0. The molecule has 2 saturated heterocycles. The lowest BCUT2D eigenvalue weighted by atomic mass is 10.2. The summed E-state index contributed by atoms with van der Waals surface area (Å²) in [6, 6.07) is 8.35. The minimum atomic E-state index is -0.443. The Hall–Kier alpha value is -2.87. The van der Waals surface area contributed by atoms with Gasteiger partial charge >= 0.3 is 6.09 Å². The molecule has 8 heteroatoms. The first kappa shape index (κ1) is 26.7. The van der Waals surface area contributed by atoms with E-state index in [-0.39, 0.29) is 6.09 Å². The summed E-state index contributed by atoms with van der Waals surface area (Å²) in [5.41, 5.74) is 1.94. The first-order valence-electron chi connectivity index (χ1n) is 12.7. The summed E-state index contributed by atoms with van der Waals surface area (Å²) in [5, 5.41) is 3.39. The number of pyridine rings is 2. The number of rotatable bonds is 2. The number of aryl methyl sites for hydroxylation is 2. The summed E-state index contributed by atoms with van der Waals surface area (Å²) in [5.74, 6) is 2.09. The summed E-state index contributed by atoms with van der Waals surface area (Å²) in [6.45, 7) is 17.3. The van der Waals surface area contributed by atoms with Crippen LogP contribution in [0, 0.1) is 13.8 Å². The first-order valence-corrected chi connectivity index (χ1v) is 12.7. The Morgan fingerprint density at radius 1 is 0.800 bits per heavy atom. The normalized spacial score (nSPS) is 17.1. The summed E-state index contributed by atoms with van der Waals surface area (Å²) in [6.07, 6.45) is 5.73. The lowest BCUT2D eigenvalue weighted by Crippen LogP contribution is -2.39. The second-order valence-corrected chi connectivity index (χ2v) is 10.3. The third-order valence-electron chi connectivity index (χ3n) is 5.93. The third kappa shape index (κ3) is 9.02. The van der Waals surface area contributed by atoms with Gasteiger partial charge in [0, 0.05) is 58.2 Å². The van der Waals surface area contributed by atoms with Gasteiger partial charge in [0.2, 0.25) is 0 Å². The average molecular weight is 483 g/mol. The van der Waals surface area contributed by atoms with E-state index < -0.39 is 5.60 Å². The summed E-state index contributed by atoms with van der Waals surface area (Å²) in [7, 11) is 0. The highest BCUT2D eigenvalue weighted by Gasteiger charge is 2.24. The van der Waals surface area contributed by atoms with E-state index in [1.165, 1.54) is 12.0 Å². The number of hydrogen-bond acceptors (Lipinski definition) is 7. The fraction of sp³-hybridized carbons (Fsp3) is 0.593. The monoisotopic (exact) mass is 482 g/mol. The van der Waals surface area contributed by atoms with Gasteiger partial charge in [-0.1, -0.05) is 12.1 Å². The number of aromatic nitrogens is 2. The zero-order valence-electron chi connectivity index (χ0n) is 22.1. The van der Waals surface area contributed by atoms with Gasteiger partial charge in [-0.05, 0) is 77.3 Å². The number of anilines is 2. The van der Waals surface area contributed by atoms with Crippen LogP contribution >= 0.6 is 0 Å². The number of ether oxygens (including phenoxy) is 1. The number of hydrogen-bond donors (Lipinski definition) is 1. The molecule has 0 spiro atoms. The highest BCUT2D eigenvalue weighted by atomic mass is 16.6. The maximum Gasteiger partial charge on any atom is 0.410 e. The highest BCUT2D eigenvalue weighted by molar-refractivity contribution is 5.68. The van der Waals surface area contributed by atoms with E-state index in [0.717, 1.165) is 69.4 Å². The summed E-state index contributed by atoms with van der Waals surface area (Å²) < 4.78 is 5.44. The van der Waals surface area contributed by atoms with Crippen LogP contribution in [0.4, 0.5) is 16.4 Å². The van der Waals surface area contributed by atoms with Crippen molar-refractivity contribution >= 4 is 17.7 Å². The Kier molecular flexibility index (Phi) is 9.72. The fourth-order valence-electron chi connectivity index (χ4n) is 4.02. The number of carbonyl (C=O) groups excluding carboxylic acids is 1. The van der Waals surface area contributed by atoms with Crippen molar-refractivity contribution in [3.8, 4) is 0 Å². The van der Waals surface area contributed by atoms with E-state index in [9.17, 15) is 4.79 Å². The van der Waals surface area contributed by atoms with Gasteiger partial charge in [0.05, 0.1) is 0 Å². The van der Waals surface area contributed by atoms with Gasteiger partial charge < -0.3 is 24.8 Å². The molecule has 0 atom stereocenters. The SMILES string of the molecule is Cc1ccc(N2CCCN(C(=O)OC(C)(C)C)CC2)nc1.Cc1ccc(N2CCCNCC2)nc1. The van der Waals surface area contributed by atoms with Crippen LogP contribution in [-0.2, 0) is 4.74 Å². The number of carbonyl (C=O) groups is 1. The molecule has 2 aliphatic heterocycles. The Morgan fingerprint density at radius 2 is 1.40 bits per heavy atom. The van der Waals surface area contributed by atoms with Crippen LogP contribution in [0.5, 0.6) is 0 Å². The van der Waals surface area contributed by atoms with Crippen molar-refractivity contribution in [1.29, 1.82) is 0 Å². The molecule has 2 aliphatic rings. The molecular formula is C27H42N6O2. The average Bonchev–Trinajstić information content (AvgIpc) is 3.23. The van der Waals surface area contributed by atoms with Crippen LogP contribution < -0.4 is 15.1 Å². The largest absolute Gasteiger partial charge is 0.444 e. The molecule has 0 unspecified atom stereocenters. The molecule has 2 fully saturated rings. The van der Waals surface area contributed by atoms with Gasteiger partial charge in [-0.3, -0.25) is 0 Å². The number of nitrogens with one attached hydrogen (secondary N) is 1. The smallest absolute Gasteiger partial charge is 0.410 e. The molecule has 8 nitrogen and oxygen atoms in total. The Labute approximate surface area is 210 Å². The van der Waals surface area contributed by atoms with E-state index in [0.29, 0.717) is 6.54 Å². The molecule has 35 heavy (non-hydrogen) atoms. The minimum Gasteiger partial charge on any atom is -0.444 e. The van der Waals surface area contributed by atoms with E-state index in [1.807, 2.05) is 46.2 Å².